The van der Waals surface area contributed by atoms with Crippen LogP contribution in [0.3, 0.4) is 0 Å². The van der Waals surface area contributed by atoms with Gasteiger partial charge >= 0.3 is 0 Å². The molecule has 4 nitrogen and oxygen atoms in total. The maximum absolute atomic E-state index is 10.6. The smallest absolute Gasteiger partial charge is 0.127 e. The minimum absolute atomic E-state index is 0.335. The van der Waals surface area contributed by atoms with E-state index >= 15 is 0 Å². The number of carboxylic acids is 1. The van der Waals surface area contributed by atoms with Gasteiger partial charge in [-0.2, -0.15) is 0 Å². The largest absolute Gasteiger partial charge is 0.550 e. The molecule has 0 fully saturated rings. The maximum atomic E-state index is 10.6. The molecule has 0 aliphatic carbocycles. The van der Waals surface area contributed by atoms with Crippen LogP contribution in [0, 0.1) is 5.92 Å². The van der Waals surface area contributed by atoms with Gasteiger partial charge in [0, 0.05) is 24.1 Å². The number of benzene rings is 2. The van der Waals surface area contributed by atoms with E-state index in [9.17, 15) is 9.90 Å². The van der Waals surface area contributed by atoms with Crippen molar-refractivity contribution in [2.45, 2.75) is 6.92 Å². The van der Waals surface area contributed by atoms with Gasteiger partial charge in [0.2, 0.25) is 0 Å². The third-order valence-electron chi connectivity index (χ3n) is 2.85. The van der Waals surface area contributed by atoms with Crippen LogP contribution in [0.5, 0.6) is 11.5 Å². The number of nitrogens with one attached hydrogen (secondary N) is 1. The van der Waals surface area contributed by atoms with Gasteiger partial charge in [0.25, 0.3) is 0 Å². The Morgan fingerprint density at radius 1 is 1.10 bits per heavy atom. The lowest BCUT2D eigenvalue weighted by atomic mass is 10.2. The number of ether oxygens (including phenoxy) is 1. The van der Waals surface area contributed by atoms with E-state index < -0.39 is 11.9 Å². The molecule has 1 atom stereocenters. The number of hydrogen-bond donors (Lipinski definition) is 1. The van der Waals surface area contributed by atoms with Gasteiger partial charge in [-0.3, -0.25) is 0 Å². The van der Waals surface area contributed by atoms with Gasteiger partial charge in [-0.1, -0.05) is 25.1 Å². The topological polar surface area (TPSA) is 61.4 Å². The molecule has 0 bridgehead atoms. The van der Waals surface area contributed by atoms with E-state index in [1.165, 1.54) is 0 Å². The lowest BCUT2D eigenvalue weighted by Crippen LogP contribution is -2.33. The quantitative estimate of drug-likeness (QED) is 0.874. The summed E-state index contributed by atoms with van der Waals surface area (Å²) >= 11 is 0. The van der Waals surface area contributed by atoms with Crippen LogP contribution in [0.4, 0.5) is 5.69 Å². The Hall–Kier alpha value is -2.49. The number of carbonyl (C=O) groups excluding carboxylic acids is 1. The molecular weight excluding hydrogens is 254 g/mol. The summed E-state index contributed by atoms with van der Waals surface area (Å²) in [6.07, 6.45) is 0. The van der Waals surface area contributed by atoms with E-state index in [1.54, 1.807) is 6.92 Å². The fourth-order valence-corrected chi connectivity index (χ4v) is 1.62. The number of carboxylic acid groups (broad SMARTS) is 1. The van der Waals surface area contributed by atoms with Crippen molar-refractivity contribution in [1.29, 1.82) is 0 Å². The highest BCUT2D eigenvalue weighted by Gasteiger charge is 2.02. The van der Waals surface area contributed by atoms with Gasteiger partial charge in [0.05, 0.1) is 0 Å². The average Bonchev–Trinajstić information content (AvgIpc) is 2.47. The summed E-state index contributed by atoms with van der Waals surface area (Å²) in [7, 11) is 0. The van der Waals surface area contributed by atoms with Gasteiger partial charge in [-0.05, 0) is 36.4 Å². The SMILES string of the molecule is C[C@H](CNc1ccc(Oc2ccccc2)cc1)C(=O)[O-]. The average molecular weight is 270 g/mol. The zero-order valence-electron chi connectivity index (χ0n) is 11.2. The highest BCUT2D eigenvalue weighted by molar-refractivity contribution is 5.68. The van der Waals surface area contributed by atoms with Crippen LogP contribution in [-0.4, -0.2) is 12.5 Å². The predicted octanol–water partition coefficient (Wildman–Crippen LogP) is 2.28. The van der Waals surface area contributed by atoms with Crippen molar-refractivity contribution in [3.8, 4) is 11.5 Å². The van der Waals surface area contributed by atoms with Crippen LogP contribution < -0.4 is 15.2 Å². The van der Waals surface area contributed by atoms with E-state index in [0.717, 1.165) is 17.2 Å². The minimum Gasteiger partial charge on any atom is -0.550 e. The van der Waals surface area contributed by atoms with E-state index in [0.29, 0.717) is 6.54 Å². The normalized spacial score (nSPS) is 11.7. The number of para-hydroxylation sites is 1. The summed E-state index contributed by atoms with van der Waals surface area (Å²) < 4.78 is 5.67. The highest BCUT2D eigenvalue weighted by atomic mass is 16.5. The first-order valence-corrected chi connectivity index (χ1v) is 6.43. The molecule has 0 aliphatic rings. The molecule has 0 amide bonds. The molecule has 0 radical (unpaired) electrons. The second kappa shape index (κ2) is 6.61. The van der Waals surface area contributed by atoms with Crippen LogP contribution in [0.2, 0.25) is 0 Å². The molecule has 0 aromatic heterocycles. The Bertz CT molecular complexity index is 552. The number of hydrogen-bond acceptors (Lipinski definition) is 4. The van der Waals surface area contributed by atoms with Crippen molar-refractivity contribution in [3.63, 3.8) is 0 Å². The zero-order chi connectivity index (χ0) is 14.4. The fraction of sp³-hybridized carbons (Fsp3) is 0.188. The van der Waals surface area contributed by atoms with E-state index in [-0.39, 0.29) is 0 Å². The van der Waals surface area contributed by atoms with Crippen LogP contribution >= 0.6 is 0 Å². The molecule has 4 heteroatoms. The van der Waals surface area contributed by atoms with Crippen molar-refractivity contribution in [3.05, 3.63) is 54.6 Å². The number of anilines is 1. The molecule has 2 rings (SSSR count). The molecule has 2 aromatic carbocycles. The lowest BCUT2D eigenvalue weighted by Gasteiger charge is -2.14. The zero-order valence-corrected chi connectivity index (χ0v) is 11.2. The Morgan fingerprint density at radius 3 is 2.30 bits per heavy atom. The second-order valence-electron chi connectivity index (χ2n) is 4.54. The monoisotopic (exact) mass is 270 g/mol. The molecule has 1 N–H and O–H groups in total. The predicted molar refractivity (Wildman–Crippen MR) is 75.6 cm³/mol. The summed E-state index contributed by atoms with van der Waals surface area (Å²) in [5.41, 5.74) is 0.846. The number of rotatable bonds is 6. The minimum atomic E-state index is -1.05. The number of carbonyl (C=O) groups is 1. The highest BCUT2D eigenvalue weighted by Crippen LogP contribution is 2.22. The summed E-state index contributed by atoms with van der Waals surface area (Å²) in [6, 6.07) is 16.9. The molecule has 0 spiro atoms. The summed E-state index contributed by atoms with van der Waals surface area (Å²) in [5.74, 6) is -0.0785. The molecule has 20 heavy (non-hydrogen) atoms. The van der Waals surface area contributed by atoms with Gasteiger partial charge in [0.1, 0.15) is 11.5 Å². The molecule has 2 aromatic rings. The summed E-state index contributed by atoms with van der Waals surface area (Å²) in [6.45, 7) is 1.94. The molecular formula is C16H16NO3-. The molecule has 0 saturated heterocycles. The molecule has 0 saturated carbocycles. The van der Waals surface area contributed by atoms with Gasteiger partial charge in [-0.15, -0.1) is 0 Å². The second-order valence-corrected chi connectivity index (χ2v) is 4.54. The molecule has 104 valence electrons. The van der Waals surface area contributed by atoms with Gasteiger partial charge < -0.3 is 20.0 Å². The summed E-state index contributed by atoms with van der Waals surface area (Å²) in [4.78, 5) is 10.6. The first kappa shape index (κ1) is 13.9. The Balaban J connectivity index is 1.91. The van der Waals surface area contributed by atoms with E-state index in [4.69, 9.17) is 4.74 Å². The Kier molecular flexibility index (Phi) is 4.60. The lowest BCUT2D eigenvalue weighted by molar-refractivity contribution is -0.310. The fourth-order valence-electron chi connectivity index (χ4n) is 1.62. The van der Waals surface area contributed by atoms with Crippen LogP contribution in [-0.2, 0) is 4.79 Å². The first-order valence-electron chi connectivity index (χ1n) is 6.43. The van der Waals surface area contributed by atoms with E-state index in [1.807, 2.05) is 54.6 Å². The number of aliphatic carboxylic acids is 1. The van der Waals surface area contributed by atoms with Crippen molar-refractivity contribution < 1.29 is 14.6 Å². The van der Waals surface area contributed by atoms with Crippen LogP contribution in [0.1, 0.15) is 6.92 Å². The van der Waals surface area contributed by atoms with Crippen molar-refractivity contribution in [2.75, 3.05) is 11.9 Å². The van der Waals surface area contributed by atoms with Gasteiger partial charge in [0.15, 0.2) is 0 Å². The first-order chi connectivity index (χ1) is 9.65. The standard InChI is InChI=1S/C16H17NO3/c1-12(16(18)19)11-17-13-7-9-15(10-8-13)20-14-5-3-2-4-6-14/h2-10,12,17H,11H2,1H3,(H,18,19)/p-1/t12-/m1/s1. The van der Waals surface area contributed by atoms with Crippen molar-refractivity contribution >= 4 is 11.7 Å². The van der Waals surface area contributed by atoms with Crippen molar-refractivity contribution in [2.24, 2.45) is 5.92 Å². The van der Waals surface area contributed by atoms with E-state index in [2.05, 4.69) is 5.32 Å². The van der Waals surface area contributed by atoms with Gasteiger partial charge in [-0.25, -0.2) is 0 Å². The Labute approximate surface area is 118 Å². The third kappa shape index (κ3) is 4.02. The maximum Gasteiger partial charge on any atom is 0.127 e. The van der Waals surface area contributed by atoms with Crippen molar-refractivity contribution in [1.82, 2.24) is 0 Å². The van der Waals surface area contributed by atoms with Crippen LogP contribution in [0.25, 0.3) is 0 Å². The Morgan fingerprint density at radius 2 is 1.70 bits per heavy atom. The third-order valence-corrected chi connectivity index (χ3v) is 2.85. The summed E-state index contributed by atoms with van der Waals surface area (Å²) in [5, 5.41) is 13.6. The van der Waals surface area contributed by atoms with Crippen LogP contribution in [0.15, 0.2) is 54.6 Å². The molecule has 0 aliphatic heterocycles. The molecule has 0 heterocycles. The molecule has 0 unspecified atom stereocenters.